The first-order chi connectivity index (χ1) is 13.5. The smallest absolute Gasteiger partial charge is 0.257 e. The van der Waals surface area contributed by atoms with Crippen molar-refractivity contribution in [3.63, 3.8) is 0 Å². The maximum atomic E-state index is 12.7. The van der Waals surface area contributed by atoms with Crippen molar-refractivity contribution in [1.82, 2.24) is 4.98 Å². The number of aromatic nitrogens is 1. The van der Waals surface area contributed by atoms with Gasteiger partial charge in [0.15, 0.2) is 5.76 Å². The lowest BCUT2D eigenvalue weighted by atomic mass is 10.0. The first-order valence-corrected chi connectivity index (χ1v) is 8.96. The number of rotatable bonds is 4. The van der Waals surface area contributed by atoms with Gasteiger partial charge in [0.05, 0.1) is 5.56 Å². The van der Waals surface area contributed by atoms with Gasteiger partial charge >= 0.3 is 0 Å². The number of carbonyl (C=O) groups excluding carboxylic acids is 2. The topological polar surface area (TPSA) is 72.2 Å². The summed E-state index contributed by atoms with van der Waals surface area (Å²) >= 11 is 5.75. The van der Waals surface area contributed by atoms with E-state index in [1.54, 1.807) is 42.5 Å². The van der Waals surface area contributed by atoms with Gasteiger partial charge in [-0.1, -0.05) is 41.9 Å². The molecule has 28 heavy (non-hydrogen) atoms. The summed E-state index contributed by atoms with van der Waals surface area (Å²) in [6.07, 6.45) is 1.41. The van der Waals surface area contributed by atoms with Gasteiger partial charge in [-0.15, -0.1) is 0 Å². The zero-order chi connectivity index (χ0) is 19.7. The Bertz CT molecular complexity index is 1180. The van der Waals surface area contributed by atoms with Crippen molar-refractivity contribution in [2.24, 2.45) is 0 Å². The van der Waals surface area contributed by atoms with E-state index in [0.717, 1.165) is 10.9 Å². The number of nitrogens with zero attached hydrogens (tertiary/aromatic N) is 1. The van der Waals surface area contributed by atoms with Crippen LogP contribution in [0.15, 0.2) is 71.3 Å². The molecule has 0 saturated carbocycles. The summed E-state index contributed by atoms with van der Waals surface area (Å²) in [7, 11) is 0. The van der Waals surface area contributed by atoms with E-state index in [2.05, 4.69) is 10.3 Å². The molecule has 0 saturated heterocycles. The highest BCUT2D eigenvalue weighted by molar-refractivity contribution is 6.29. The van der Waals surface area contributed by atoms with E-state index in [4.69, 9.17) is 16.0 Å². The number of benzene rings is 2. The van der Waals surface area contributed by atoms with Gasteiger partial charge in [0.2, 0.25) is 5.78 Å². The van der Waals surface area contributed by atoms with E-state index in [-0.39, 0.29) is 11.7 Å². The van der Waals surface area contributed by atoms with Crippen LogP contribution < -0.4 is 5.32 Å². The van der Waals surface area contributed by atoms with Crippen LogP contribution >= 0.6 is 11.6 Å². The molecule has 4 rings (SSSR count). The van der Waals surface area contributed by atoms with Gasteiger partial charge in [0.1, 0.15) is 10.7 Å². The fourth-order valence-corrected chi connectivity index (χ4v) is 3.06. The molecule has 1 N–H and O–H groups in total. The van der Waals surface area contributed by atoms with Gasteiger partial charge in [0.25, 0.3) is 5.91 Å². The maximum absolute atomic E-state index is 12.7. The zero-order valence-electron chi connectivity index (χ0n) is 14.9. The number of fused-ring (bicyclic) bond motifs is 1. The Kier molecular flexibility index (Phi) is 4.67. The van der Waals surface area contributed by atoms with E-state index in [0.29, 0.717) is 33.3 Å². The molecule has 0 aliphatic carbocycles. The Morgan fingerprint density at radius 1 is 1.00 bits per heavy atom. The van der Waals surface area contributed by atoms with Crippen LogP contribution in [0.5, 0.6) is 0 Å². The van der Waals surface area contributed by atoms with Gasteiger partial charge in [0, 0.05) is 28.4 Å². The molecule has 0 fully saturated rings. The maximum Gasteiger partial charge on any atom is 0.257 e. The minimum Gasteiger partial charge on any atom is -0.452 e. The van der Waals surface area contributed by atoms with Crippen molar-refractivity contribution in [2.75, 3.05) is 5.32 Å². The van der Waals surface area contributed by atoms with Crippen molar-refractivity contribution in [1.29, 1.82) is 0 Å². The summed E-state index contributed by atoms with van der Waals surface area (Å²) in [6, 6.07) is 17.4. The number of aryl methyl sites for hydroxylation is 1. The van der Waals surface area contributed by atoms with Crippen molar-refractivity contribution in [3.8, 4) is 0 Å². The molecule has 2 aromatic heterocycles. The van der Waals surface area contributed by atoms with Crippen LogP contribution in [-0.4, -0.2) is 16.7 Å². The number of carbonyl (C=O) groups is 2. The first-order valence-electron chi connectivity index (χ1n) is 8.59. The van der Waals surface area contributed by atoms with E-state index in [1.165, 1.54) is 6.20 Å². The number of furan rings is 1. The molecule has 0 bridgehead atoms. The molecular formula is C22H15ClN2O3. The Labute approximate surface area is 166 Å². The van der Waals surface area contributed by atoms with E-state index < -0.39 is 0 Å². The molecular weight excluding hydrogens is 376 g/mol. The average Bonchev–Trinajstić information content (AvgIpc) is 3.05. The van der Waals surface area contributed by atoms with Crippen molar-refractivity contribution >= 4 is 39.9 Å². The minimum atomic E-state index is -0.301. The SMILES string of the molecule is Cc1c(C(=O)c2ccccc2)oc2ccc(NC(=O)c3ccc(Cl)nc3)cc12. The standard InChI is InChI=1S/C22H15ClN2O3/c1-13-17-11-16(25-22(27)15-7-10-19(23)24-12-15)8-9-18(17)28-21(13)20(26)14-5-3-2-4-6-14/h2-12H,1H3,(H,25,27). The summed E-state index contributed by atoms with van der Waals surface area (Å²) in [6.45, 7) is 1.83. The van der Waals surface area contributed by atoms with Gasteiger partial charge < -0.3 is 9.73 Å². The molecule has 0 spiro atoms. The van der Waals surface area contributed by atoms with Gasteiger partial charge in [-0.05, 0) is 37.3 Å². The van der Waals surface area contributed by atoms with Crippen molar-refractivity contribution in [2.45, 2.75) is 6.92 Å². The number of amides is 1. The molecule has 4 aromatic rings. The predicted molar refractivity (Wildman–Crippen MR) is 108 cm³/mol. The van der Waals surface area contributed by atoms with Crippen LogP contribution in [0.25, 0.3) is 11.0 Å². The van der Waals surface area contributed by atoms with Crippen LogP contribution in [-0.2, 0) is 0 Å². The molecule has 1 amide bonds. The summed E-state index contributed by atoms with van der Waals surface area (Å²) in [5, 5.41) is 3.91. The number of hydrogen-bond donors (Lipinski definition) is 1. The third-order valence-corrected chi connectivity index (χ3v) is 4.65. The van der Waals surface area contributed by atoms with E-state index in [9.17, 15) is 9.59 Å². The molecule has 0 aliphatic rings. The Morgan fingerprint density at radius 3 is 2.50 bits per heavy atom. The number of anilines is 1. The Balaban J connectivity index is 1.64. The number of ketones is 1. The summed E-state index contributed by atoms with van der Waals surface area (Å²) in [5.74, 6) is -0.177. The molecule has 5 nitrogen and oxygen atoms in total. The third kappa shape index (κ3) is 3.40. The molecule has 2 heterocycles. The number of halogens is 1. The van der Waals surface area contributed by atoms with Crippen LogP contribution in [0, 0.1) is 6.92 Å². The lowest BCUT2D eigenvalue weighted by molar-refractivity contribution is 0.101. The zero-order valence-corrected chi connectivity index (χ0v) is 15.7. The molecule has 138 valence electrons. The van der Waals surface area contributed by atoms with E-state index >= 15 is 0 Å². The summed E-state index contributed by atoms with van der Waals surface area (Å²) in [4.78, 5) is 29.0. The number of nitrogens with one attached hydrogen (secondary N) is 1. The quantitative estimate of drug-likeness (QED) is 0.380. The first kappa shape index (κ1) is 17.9. The summed E-state index contributed by atoms with van der Waals surface area (Å²) < 4.78 is 5.79. The van der Waals surface area contributed by atoms with Gasteiger partial charge in [-0.3, -0.25) is 9.59 Å². The third-order valence-electron chi connectivity index (χ3n) is 4.43. The molecule has 6 heteroatoms. The second-order valence-electron chi connectivity index (χ2n) is 6.29. The fraction of sp³-hybridized carbons (Fsp3) is 0.0455. The predicted octanol–water partition coefficient (Wildman–Crippen LogP) is 5.27. The summed E-state index contributed by atoms with van der Waals surface area (Å²) in [5.41, 5.74) is 2.87. The fourth-order valence-electron chi connectivity index (χ4n) is 2.95. The largest absolute Gasteiger partial charge is 0.452 e. The molecule has 2 aromatic carbocycles. The van der Waals surface area contributed by atoms with E-state index in [1.807, 2.05) is 25.1 Å². The minimum absolute atomic E-state index is 0.174. The molecule has 0 atom stereocenters. The normalized spacial score (nSPS) is 10.8. The second kappa shape index (κ2) is 7.29. The number of hydrogen-bond acceptors (Lipinski definition) is 4. The second-order valence-corrected chi connectivity index (χ2v) is 6.67. The average molecular weight is 391 g/mol. The molecule has 0 unspecified atom stereocenters. The number of pyridine rings is 1. The Morgan fingerprint density at radius 2 is 1.79 bits per heavy atom. The molecule has 0 aliphatic heterocycles. The van der Waals surface area contributed by atoms with Crippen molar-refractivity contribution < 1.29 is 14.0 Å². The van der Waals surface area contributed by atoms with Crippen LogP contribution in [0.1, 0.15) is 32.0 Å². The highest BCUT2D eigenvalue weighted by Gasteiger charge is 2.19. The van der Waals surface area contributed by atoms with Crippen molar-refractivity contribution in [3.05, 3.63) is 94.5 Å². The lowest BCUT2D eigenvalue weighted by Crippen LogP contribution is -2.11. The van der Waals surface area contributed by atoms with Crippen LogP contribution in [0.3, 0.4) is 0 Å². The van der Waals surface area contributed by atoms with Gasteiger partial charge in [-0.2, -0.15) is 0 Å². The van der Waals surface area contributed by atoms with Gasteiger partial charge in [-0.25, -0.2) is 4.98 Å². The highest BCUT2D eigenvalue weighted by atomic mass is 35.5. The molecule has 0 radical (unpaired) electrons. The monoisotopic (exact) mass is 390 g/mol. The van der Waals surface area contributed by atoms with Crippen LogP contribution in [0.4, 0.5) is 5.69 Å². The van der Waals surface area contributed by atoms with Crippen LogP contribution in [0.2, 0.25) is 5.15 Å². The lowest BCUT2D eigenvalue weighted by Gasteiger charge is -2.05. The highest BCUT2D eigenvalue weighted by Crippen LogP contribution is 2.29. The Hall–Kier alpha value is -3.44.